The Morgan fingerprint density at radius 3 is 2.47 bits per heavy atom. The quantitative estimate of drug-likeness (QED) is 0.527. The lowest BCUT2D eigenvalue weighted by Gasteiger charge is -2.36. The molecule has 110 valence electrons. The molecule has 0 aliphatic carbocycles. The second-order valence-electron chi connectivity index (χ2n) is 5.16. The number of aliphatic carboxylic acids is 1. The third-order valence-electron chi connectivity index (χ3n) is 3.79. The van der Waals surface area contributed by atoms with Gasteiger partial charge < -0.3 is 20.8 Å². The number of carbonyl (C=O) groups is 2. The summed E-state index contributed by atoms with van der Waals surface area (Å²) in [7, 11) is 0. The summed E-state index contributed by atoms with van der Waals surface area (Å²) in [5, 5.41) is 23.7. The van der Waals surface area contributed by atoms with Crippen LogP contribution in [-0.4, -0.2) is 47.8 Å². The van der Waals surface area contributed by atoms with Crippen molar-refractivity contribution in [1.82, 2.24) is 10.6 Å². The molecule has 0 aromatic carbocycles. The SMILES string of the molecule is CCCC1(C(=O)N[C@@H](CCO)C(=O)O)CCNCC1. The fourth-order valence-electron chi connectivity index (χ4n) is 2.67. The van der Waals surface area contributed by atoms with Crippen LogP contribution in [0.2, 0.25) is 0 Å². The Labute approximate surface area is 113 Å². The summed E-state index contributed by atoms with van der Waals surface area (Å²) in [6, 6.07) is -0.999. The van der Waals surface area contributed by atoms with Gasteiger partial charge in [-0.15, -0.1) is 0 Å². The lowest BCUT2D eigenvalue weighted by atomic mass is 9.74. The van der Waals surface area contributed by atoms with E-state index in [4.69, 9.17) is 10.2 Å². The van der Waals surface area contributed by atoms with Crippen molar-refractivity contribution in [2.24, 2.45) is 5.41 Å². The summed E-state index contributed by atoms with van der Waals surface area (Å²) in [6.07, 6.45) is 3.18. The minimum atomic E-state index is -1.09. The molecule has 1 saturated heterocycles. The number of hydrogen-bond acceptors (Lipinski definition) is 4. The predicted octanol–water partition coefficient (Wildman–Crippen LogP) is 0.108. The van der Waals surface area contributed by atoms with Crippen LogP contribution in [0.25, 0.3) is 0 Å². The fourth-order valence-corrected chi connectivity index (χ4v) is 2.67. The minimum absolute atomic E-state index is 0.0432. The maximum absolute atomic E-state index is 12.4. The van der Waals surface area contributed by atoms with Crippen LogP contribution < -0.4 is 10.6 Å². The van der Waals surface area contributed by atoms with Crippen LogP contribution in [0, 0.1) is 5.41 Å². The smallest absolute Gasteiger partial charge is 0.326 e. The molecule has 4 N–H and O–H groups in total. The van der Waals surface area contributed by atoms with Gasteiger partial charge in [-0.2, -0.15) is 0 Å². The highest BCUT2D eigenvalue weighted by Crippen LogP contribution is 2.34. The van der Waals surface area contributed by atoms with Gasteiger partial charge in [-0.05, 0) is 32.4 Å². The Hall–Kier alpha value is -1.14. The second-order valence-corrected chi connectivity index (χ2v) is 5.16. The highest BCUT2D eigenvalue weighted by atomic mass is 16.4. The first-order valence-electron chi connectivity index (χ1n) is 6.91. The molecule has 0 radical (unpaired) electrons. The van der Waals surface area contributed by atoms with Crippen molar-refractivity contribution in [1.29, 1.82) is 0 Å². The van der Waals surface area contributed by atoms with E-state index in [9.17, 15) is 9.59 Å². The van der Waals surface area contributed by atoms with Gasteiger partial charge in [-0.1, -0.05) is 13.3 Å². The molecule has 1 fully saturated rings. The number of aliphatic hydroxyl groups is 1. The van der Waals surface area contributed by atoms with Gasteiger partial charge in [0, 0.05) is 13.0 Å². The molecule has 6 nitrogen and oxygen atoms in total. The van der Waals surface area contributed by atoms with Gasteiger partial charge >= 0.3 is 5.97 Å². The second kappa shape index (κ2) is 7.45. The summed E-state index contributed by atoms with van der Waals surface area (Å²) in [6.45, 7) is 3.34. The highest BCUT2D eigenvalue weighted by Gasteiger charge is 2.39. The van der Waals surface area contributed by atoms with Gasteiger partial charge in [-0.25, -0.2) is 4.79 Å². The van der Waals surface area contributed by atoms with E-state index < -0.39 is 17.4 Å². The fraction of sp³-hybridized carbons (Fsp3) is 0.846. The van der Waals surface area contributed by atoms with E-state index in [-0.39, 0.29) is 18.9 Å². The molecule has 1 rings (SSSR count). The van der Waals surface area contributed by atoms with Crippen LogP contribution in [-0.2, 0) is 9.59 Å². The van der Waals surface area contributed by atoms with Crippen LogP contribution in [0.15, 0.2) is 0 Å². The number of carboxylic acid groups (broad SMARTS) is 1. The van der Waals surface area contributed by atoms with E-state index in [0.29, 0.717) is 0 Å². The van der Waals surface area contributed by atoms with Crippen molar-refractivity contribution in [3.05, 3.63) is 0 Å². The molecule has 0 aromatic rings. The van der Waals surface area contributed by atoms with Crippen molar-refractivity contribution in [2.75, 3.05) is 19.7 Å². The number of aliphatic hydroxyl groups excluding tert-OH is 1. The molecular weight excluding hydrogens is 248 g/mol. The average Bonchev–Trinajstić information content (AvgIpc) is 2.39. The topological polar surface area (TPSA) is 98.7 Å². The third-order valence-corrected chi connectivity index (χ3v) is 3.79. The van der Waals surface area contributed by atoms with Crippen molar-refractivity contribution < 1.29 is 19.8 Å². The van der Waals surface area contributed by atoms with E-state index in [0.717, 1.165) is 38.8 Å². The molecule has 0 spiro atoms. The standard InChI is InChI=1S/C13H24N2O4/c1-2-4-13(5-7-14-8-6-13)12(19)15-10(3-9-16)11(17)18/h10,14,16H,2-9H2,1H3,(H,15,19)(H,17,18)/t10-/m0/s1. The van der Waals surface area contributed by atoms with Gasteiger partial charge in [0.1, 0.15) is 6.04 Å². The molecule has 1 aliphatic rings. The van der Waals surface area contributed by atoms with Crippen molar-refractivity contribution in [3.63, 3.8) is 0 Å². The summed E-state index contributed by atoms with van der Waals surface area (Å²) < 4.78 is 0. The Morgan fingerprint density at radius 2 is 2.00 bits per heavy atom. The number of carboxylic acids is 1. The Kier molecular flexibility index (Phi) is 6.24. The first-order valence-corrected chi connectivity index (χ1v) is 6.91. The number of carbonyl (C=O) groups excluding carboxylic acids is 1. The van der Waals surface area contributed by atoms with Crippen LogP contribution in [0.4, 0.5) is 0 Å². The zero-order valence-corrected chi connectivity index (χ0v) is 11.4. The van der Waals surface area contributed by atoms with E-state index >= 15 is 0 Å². The van der Waals surface area contributed by atoms with Crippen molar-refractivity contribution >= 4 is 11.9 Å². The van der Waals surface area contributed by atoms with E-state index in [1.165, 1.54) is 0 Å². The molecular formula is C13H24N2O4. The monoisotopic (exact) mass is 272 g/mol. The molecule has 6 heteroatoms. The zero-order chi connectivity index (χ0) is 14.3. The van der Waals surface area contributed by atoms with Gasteiger partial charge in [0.05, 0.1) is 5.41 Å². The maximum atomic E-state index is 12.4. The maximum Gasteiger partial charge on any atom is 0.326 e. The summed E-state index contributed by atoms with van der Waals surface area (Å²) in [5.41, 5.74) is -0.455. The number of nitrogens with one attached hydrogen (secondary N) is 2. The lowest BCUT2D eigenvalue weighted by molar-refractivity contribution is -0.145. The van der Waals surface area contributed by atoms with Crippen LogP contribution in [0.5, 0.6) is 0 Å². The van der Waals surface area contributed by atoms with E-state index in [1.807, 2.05) is 6.92 Å². The average molecular weight is 272 g/mol. The minimum Gasteiger partial charge on any atom is -0.480 e. The van der Waals surface area contributed by atoms with Crippen LogP contribution in [0.3, 0.4) is 0 Å². The van der Waals surface area contributed by atoms with Gasteiger partial charge in [0.25, 0.3) is 0 Å². The van der Waals surface area contributed by atoms with Gasteiger partial charge in [0.15, 0.2) is 0 Å². The molecule has 0 unspecified atom stereocenters. The number of piperidine rings is 1. The van der Waals surface area contributed by atoms with Crippen molar-refractivity contribution in [3.8, 4) is 0 Å². The Morgan fingerprint density at radius 1 is 1.37 bits per heavy atom. The largest absolute Gasteiger partial charge is 0.480 e. The molecule has 0 aromatic heterocycles. The van der Waals surface area contributed by atoms with Crippen molar-refractivity contribution in [2.45, 2.75) is 45.1 Å². The first kappa shape index (κ1) is 15.9. The summed E-state index contributed by atoms with van der Waals surface area (Å²) >= 11 is 0. The summed E-state index contributed by atoms with van der Waals surface area (Å²) in [4.78, 5) is 23.4. The van der Waals surface area contributed by atoms with E-state index in [1.54, 1.807) is 0 Å². The number of amides is 1. The normalized spacial score (nSPS) is 19.7. The third kappa shape index (κ3) is 4.18. The molecule has 0 saturated carbocycles. The highest BCUT2D eigenvalue weighted by molar-refractivity contribution is 5.87. The molecule has 19 heavy (non-hydrogen) atoms. The molecule has 1 heterocycles. The first-order chi connectivity index (χ1) is 9.05. The number of hydrogen-bond donors (Lipinski definition) is 4. The van der Waals surface area contributed by atoms with Crippen LogP contribution in [0.1, 0.15) is 39.0 Å². The molecule has 1 amide bonds. The van der Waals surface area contributed by atoms with Gasteiger partial charge in [0.2, 0.25) is 5.91 Å². The van der Waals surface area contributed by atoms with Crippen LogP contribution >= 0.6 is 0 Å². The zero-order valence-electron chi connectivity index (χ0n) is 11.4. The van der Waals surface area contributed by atoms with E-state index in [2.05, 4.69) is 10.6 Å². The number of rotatable bonds is 7. The van der Waals surface area contributed by atoms with Gasteiger partial charge in [-0.3, -0.25) is 4.79 Å². The molecule has 1 aliphatic heterocycles. The Balaban J connectivity index is 2.73. The lowest BCUT2D eigenvalue weighted by Crippen LogP contribution is -2.52. The summed E-state index contributed by atoms with van der Waals surface area (Å²) in [5.74, 6) is -1.28. The molecule has 0 bridgehead atoms. The molecule has 1 atom stereocenters. The Bertz CT molecular complexity index is 308. The predicted molar refractivity (Wildman–Crippen MR) is 70.7 cm³/mol.